The van der Waals surface area contributed by atoms with Gasteiger partial charge in [0.15, 0.2) is 0 Å². The number of carboxylic acids is 1. The highest BCUT2D eigenvalue weighted by Gasteiger charge is 2.31. The first-order valence-corrected chi connectivity index (χ1v) is 17.7. The SMILES string of the molecule is Cc1nc(COCCN2CCS(=O)CC2)c(-c2ccc(OCCc3ccc(F)cc3)cc2)c(N2CCC(C)(C)CC2)c1CC(=O)O. The van der Waals surface area contributed by atoms with E-state index in [0.717, 1.165) is 85.0 Å². The highest BCUT2D eigenvalue weighted by atomic mass is 32.2. The van der Waals surface area contributed by atoms with E-state index < -0.39 is 16.8 Å². The van der Waals surface area contributed by atoms with E-state index in [1.807, 2.05) is 31.2 Å². The molecule has 10 heteroatoms. The molecule has 0 aliphatic carbocycles. The lowest BCUT2D eigenvalue weighted by molar-refractivity contribution is -0.136. The molecule has 0 bridgehead atoms. The summed E-state index contributed by atoms with van der Waals surface area (Å²) in [6.07, 6.45) is 2.57. The number of carboxylic acid groups (broad SMARTS) is 1. The zero-order chi connectivity index (χ0) is 32.7. The van der Waals surface area contributed by atoms with Gasteiger partial charge in [-0.1, -0.05) is 38.1 Å². The maximum absolute atomic E-state index is 13.3. The number of aromatic nitrogens is 1. The van der Waals surface area contributed by atoms with Gasteiger partial charge < -0.3 is 19.5 Å². The van der Waals surface area contributed by atoms with Crippen LogP contribution in [0.25, 0.3) is 11.1 Å². The monoisotopic (exact) mass is 651 g/mol. The molecule has 3 aromatic rings. The Kier molecular flexibility index (Phi) is 11.5. The fourth-order valence-corrected chi connectivity index (χ4v) is 7.29. The number of hydrogen-bond acceptors (Lipinski definition) is 7. The van der Waals surface area contributed by atoms with E-state index in [1.165, 1.54) is 12.1 Å². The predicted molar refractivity (Wildman–Crippen MR) is 181 cm³/mol. The van der Waals surface area contributed by atoms with Crippen LogP contribution in [0.5, 0.6) is 5.75 Å². The molecule has 2 aliphatic rings. The topological polar surface area (TPSA) is 92.2 Å². The number of nitrogens with zero attached hydrogens (tertiary/aromatic N) is 3. The Morgan fingerprint density at radius 3 is 2.33 bits per heavy atom. The van der Waals surface area contributed by atoms with Crippen LogP contribution in [-0.2, 0) is 39.8 Å². The van der Waals surface area contributed by atoms with Crippen LogP contribution >= 0.6 is 0 Å². The number of hydrogen-bond donors (Lipinski definition) is 1. The summed E-state index contributed by atoms with van der Waals surface area (Å²) in [6.45, 7) is 11.8. The molecule has 1 aromatic heterocycles. The molecule has 0 spiro atoms. The number of carbonyl (C=O) groups is 1. The van der Waals surface area contributed by atoms with Crippen molar-refractivity contribution < 1.29 is 28.0 Å². The Labute approximate surface area is 274 Å². The number of piperidine rings is 1. The summed E-state index contributed by atoms with van der Waals surface area (Å²) in [5, 5.41) is 9.93. The summed E-state index contributed by atoms with van der Waals surface area (Å²) in [5.74, 6) is 0.995. The third-order valence-electron chi connectivity index (χ3n) is 9.09. The predicted octanol–water partition coefficient (Wildman–Crippen LogP) is 5.65. The molecule has 2 aliphatic heterocycles. The summed E-state index contributed by atoms with van der Waals surface area (Å²) < 4.78 is 37.3. The maximum Gasteiger partial charge on any atom is 0.307 e. The first-order chi connectivity index (χ1) is 22.1. The summed E-state index contributed by atoms with van der Waals surface area (Å²) in [4.78, 5) is 21.7. The lowest BCUT2D eigenvalue weighted by Crippen LogP contribution is -2.39. The van der Waals surface area contributed by atoms with Gasteiger partial charge in [0, 0.05) is 78.3 Å². The van der Waals surface area contributed by atoms with Crippen molar-refractivity contribution >= 4 is 22.5 Å². The Bertz CT molecular complexity index is 1490. The van der Waals surface area contributed by atoms with E-state index in [1.54, 1.807) is 12.1 Å². The molecule has 2 aromatic carbocycles. The zero-order valence-corrected chi connectivity index (χ0v) is 28.0. The van der Waals surface area contributed by atoms with Crippen molar-refractivity contribution in [1.29, 1.82) is 0 Å². The molecular formula is C36H46FN3O5S. The summed E-state index contributed by atoms with van der Waals surface area (Å²) in [7, 11) is -0.716. The minimum Gasteiger partial charge on any atom is -0.493 e. The Balaban J connectivity index is 1.41. The molecule has 1 N–H and O–H groups in total. The number of ether oxygens (including phenoxy) is 2. The van der Waals surface area contributed by atoms with Gasteiger partial charge in [-0.25, -0.2) is 4.39 Å². The third-order valence-corrected chi connectivity index (χ3v) is 10.4. The Morgan fingerprint density at radius 1 is 1.00 bits per heavy atom. The Morgan fingerprint density at radius 2 is 1.67 bits per heavy atom. The van der Waals surface area contributed by atoms with Gasteiger partial charge in [-0.2, -0.15) is 0 Å². The minimum atomic E-state index is -0.884. The van der Waals surface area contributed by atoms with Gasteiger partial charge in [-0.3, -0.25) is 18.9 Å². The zero-order valence-electron chi connectivity index (χ0n) is 27.2. The van der Waals surface area contributed by atoms with Crippen molar-refractivity contribution in [3.63, 3.8) is 0 Å². The molecule has 5 rings (SSSR count). The smallest absolute Gasteiger partial charge is 0.307 e. The van der Waals surface area contributed by atoms with Crippen LogP contribution < -0.4 is 9.64 Å². The van der Waals surface area contributed by atoms with Gasteiger partial charge in [0.25, 0.3) is 0 Å². The highest BCUT2D eigenvalue weighted by Crippen LogP contribution is 2.42. The molecule has 0 unspecified atom stereocenters. The second kappa shape index (κ2) is 15.5. The molecule has 0 amide bonds. The molecule has 3 heterocycles. The van der Waals surface area contributed by atoms with E-state index in [9.17, 15) is 18.5 Å². The van der Waals surface area contributed by atoms with Gasteiger partial charge in [-0.15, -0.1) is 0 Å². The number of anilines is 1. The van der Waals surface area contributed by atoms with E-state index in [-0.39, 0.29) is 17.7 Å². The number of benzene rings is 2. The van der Waals surface area contributed by atoms with Crippen LogP contribution in [0.3, 0.4) is 0 Å². The van der Waals surface area contributed by atoms with Gasteiger partial charge in [0.1, 0.15) is 11.6 Å². The molecule has 46 heavy (non-hydrogen) atoms. The summed E-state index contributed by atoms with van der Waals surface area (Å²) in [6, 6.07) is 14.3. The van der Waals surface area contributed by atoms with E-state index >= 15 is 0 Å². The molecule has 248 valence electrons. The second-order valence-corrected chi connectivity index (χ2v) is 14.8. The van der Waals surface area contributed by atoms with Gasteiger partial charge >= 0.3 is 5.97 Å². The maximum atomic E-state index is 13.3. The molecule has 2 saturated heterocycles. The number of pyridine rings is 1. The first kappa shape index (κ1) is 34.0. The molecule has 0 saturated carbocycles. The lowest BCUT2D eigenvalue weighted by atomic mass is 9.82. The van der Waals surface area contributed by atoms with Crippen molar-refractivity contribution in [3.8, 4) is 16.9 Å². The van der Waals surface area contributed by atoms with Crippen LogP contribution in [0.15, 0.2) is 48.5 Å². The molecular weight excluding hydrogens is 605 g/mol. The van der Waals surface area contributed by atoms with Gasteiger partial charge in [0.2, 0.25) is 0 Å². The van der Waals surface area contributed by atoms with Crippen LogP contribution in [-0.4, -0.2) is 82.6 Å². The van der Waals surface area contributed by atoms with Crippen LogP contribution in [0.1, 0.15) is 49.2 Å². The van der Waals surface area contributed by atoms with E-state index in [4.69, 9.17) is 14.5 Å². The van der Waals surface area contributed by atoms with E-state index in [0.29, 0.717) is 43.4 Å². The van der Waals surface area contributed by atoms with Crippen molar-refractivity contribution in [2.24, 2.45) is 5.41 Å². The standard InChI is InChI=1S/C36H46FN3O5S/c1-26-31(24-33(41)42)35(40-15-13-36(2,3)14-16-40)34(32(38-26)25-44-21-17-39-18-22-46(43)23-19-39)28-6-10-30(11-7-28)45-20-12-27-4-8-29(37)9-5-27/h4-11H,12-25H2,1-3H3,(H,41,42). The van der Waals surface area contributed by atoms with Crippen molar-refractivity contribution in [2.75, 3.05) is 62.3 Å². The van der Waals surface area contributed by atoms with Gasteiger partial charge in [-0.05, 0) is 60.6 Å². The molecule has 8 nitrogen and oxygen atoms in total. The minimum absolute atomic E-state index is 0.108. The summed E-state index contributed by atoms with van der Waals surface area (Å²) >= 11 is 0. The molecule has 0 atom stereocenters. The lowest BCUT2D eigenvalue weighted by Gasteiger charge is -2.40. The van der Waals surface area contributed by atoms with Crippen molar-refractivity contribution in [2.45, 2.75) is 53.1 Å². The normalized spacial score (nSPS) is 17.3. The van der Waals surface area contributed by atoms with Crippen LogP contribution in [0, 0.1) is 18.2 Å². The fourth-order valence-electron chi connectivity index (χ4n) is 6.16. The quantitative estimate of drug-likeness (QED) is 0.237. The molecule has 0 radical (unpaired) electrons. The second-order valence-electron chi connectivity index (χ2n) is 13.1. The van der Waals surface area contributed by atoms with E-state index in [2.05, 4.69) is 23.6 Å². The largest absolute Gasteiger partial charge is 0.493 e. The van der Waals surface area contributed by atoms with Crippen molar-refractivity contribution in [3.05, 3.63) is 76.9 Å². The molecule has 2 fully saturated rings. The number of halogens is 1. The average Bonchev–Trinajstić information content (AvgIpc) is 3.02. The average molecular weight is 652 g/mol. The first-order valence-electron chi connectivity index (χ1n) is 16.2. The Hall–Kier alpha value is -3.34. The number of aliphatic carboxylic acids is 1. The third kappa shape index (κ3) is 9.14. The fraction of sp³-hybridized carbons (Fsp3) is 0.500. The number of rotatable bonds is 13. The van der Waals surface area contributed by atoms with Crippen LogP contribution in [0.2, 0.25) is 0 Å². The van der Waals surface area contributed by atoms with Crippen molar-refractivity contribution in [1.82, 2.24) is 9.88 Å². The highest BCUT2D eigenvalue weighted by molar-refractivity contribution is 7.85. The number of aryl methyl sites for hydroxylation is 1. The summed E-state index contributed by atoms with van der Waals surface area (Å²) in [5.41, 5.74) is 6.25. The van der Waals surface area contributed by atoms with Crippen LogP contribution in [0.4, 0.5) is 10.1 Å². The van der Waals surface area contributed by atoms with Gasteiger partial charge in [0.05, 0.1) is 37.6 Å².